The maximum atomic E-state index is 13.6. The fourth-order valence-electron chi connectivity index (χ4n) is 11.6. The summed E-state index contributed by atoms with van der Waals surface area (Å²) in [6, 6.07) is 0. The maximum Gasteiger partial charge on any atom is 0.307 e. The fourth-order valence-corrected chi connectivity index (χ4v) is 27.9. The van der Waals surface area contributed by atoms with E-state index in [1.807, 2.05) is 82.5 Å². The zero-order chi connectivity index (χ0) is 75.9. The average Bonchev–Trinajstić information content (AvgIpc) is 1.00. The molecule has 0 radical (unpaired) electrons. The molecule has 0 N–H and O–H groups in total. The molecule has 4 atom stereocenters. The molecule has 4 unspecified atom stereocenters. The number of nitrogens with zero attached hydrogens (tertiary/aromatic N) is 3. The quantitative estimate of drug-likeness (QED) is 0.0249. The SMILES string of the molecule is CCCCCCCCCCCCSSSCC(CC)OC(=O)CCN(CCC(=O)OC(CC)CSSSCCCCCCCCCCCC)CCN(C)CCN(CCC(=O)OC(CC)CSSSCCCCCCCCCCCC)CCC(=O)OC(CC)CSSSCCCCCCCCCCCC. The minimum atomic E-state index is -0.200. The van der Waals surface area contributed by atoms with Gasteiger partial charge in [-0.05, 0) is 97.7 Å². The molecule has 104 heavy (non-hydrogen) atoms. The Balaban J connectivity index is 5.75. The largest absolute Gasteiger partial charge is 0.461 e. The molecule has 0 spiro atoms. The molecule has 0 aromatic rings. The van der Waals surface area contributed by atoms with Crippen molar-refractivity contribution in [1.82, 2.24) is 14.7 Å². The molecule has 0 aliphatic heterocycles. The predicted octanol–water partition coefficient (Wildman–Crippen LogP) is 28.2. The monoisotopic (exact) mass is 1690 g/mol. The Kier molecular flexibility index (Phi) is 87.5. The van der Waals surface area contributed by atoms with Gasteiger partial charge in [0.15, 0.2) is 0 Å². The number of ether oxygens (including phenoxy) is 4. The third-order valence-electron chi connectivity index (χ3n) is 18.9. The Morgan fingerprint density at radius 1 is 0.240 bits per heavy atom. The van der Waals surface area contributed by atoms with Gasteiger partial charge in [-0.15, -0.1) is 0 Å². The number of likely N-dealkylation sites (N-methyl/N-ethyl adjacent to an activating group) is 1. The normalized spacial score (nSPS) is 13.0. The third kappa shape index (κ3) is 76.6. The molecule has 0 aromatic heterocycles. The second-order valence-electron chi connectivity index (χ2n) is 28.5. The first-order valence-corrected chi connectivity index (χ1v) is 57.8. The lowest BCUT2D eigenvalue weighted by Gasteiger charge is -2.28. The van der Waals surface area contributed by atoms with Crippen LogP contribution in [0.5, 0.6) is 0 Å². The highest BCUT2D eigenvalue weighted by Gasteiger charge is 2.22. The van der Waals surface area contributed by atoms with Crippen LogP contribution in [0.25, 0.3) is 0 Å². The first kappa shape index (κ1) is 106. The van der Waals surface area contributed by atoms with Gasteiger partial charge in [-0.1, -0.05) is 373 Å². The summed E-state index contributed by atoms with van der Waals surface area (Å²) in [6.45, 7) is 22.1. The van der Waals surface area contributed by atoms with E-state index in [0.29, 0.717) is 52.4 Å². The number of carbonyl (C=O) groups excluding carboxylic acids is 4. The van der Waals surface area contributed by atoms with Crippen LogP contribution in [0.3, 0.4) is 0 Å². The lowest BCUT2D eigenvalue weighted by molar-refractivity contribution is -0.150. The second kappa shape index (κ2) is 85.8. The van der Waals surface area contributed by atoms with Gasteiger partial charge in [-0.3, -0.25) is 19.2 Å². The Morgan fingerprint density at radius 3 is 0.606 bits per heavy atom. The number of esters is 4. The minimum absolute atomic E-state index is 0.146. The predicted molar refractivity (Wildman–Crippen MR) is 487 cm³/mol. The third-order valence-corrected chi connectivity index (χ3v) is 36.4. The minimum Gasteiger partial charge on any atom is -0.461 e. The Bertz CT molecular complexity index is 1600. The van der Waals surface area contributed by atoms with Crippen molar-refractivity contribution in [1.29, 1.82) is 0 Å². The number of hydrogen-bond acceptors (Lipinski definition) is 23. The molecule has 0 rings (SSSR count). The van der Waals surface area contributed by atoms with Crippen molar-refractivity contribution in [3.63, 3.8) is 0 Å². The smallest absolute Gasteiger partial charge is 0.307 e. The molecule has 0 amide bonds. The van der Waals surface area contributed by atoms with Crippen LogP contribution in [0.1, 0.15) is 364 Å². The van der Waals surface area contributed by atoms with Crippen LogP contribution in [0.4, 0.5) is 0 Å². The Hall–Kier alpha value is 1.96. The van der Waals surface area contributed by atoms with E-state index in [9.17, 15) is 19.2 Å². The molecule has 0 aliphatic rings. The molecule has 0 saturated carbocycles. The molecular weight excluding hydrogens is 1530 g/mol. The summed E-state index contributed by atoms with van der Waals surface area (Å²) in [5.74, 6) is 6.86. The zero-order valence-electron chi connectivity index (χ0n) is 68.1. The first-order valence-electron chi connectivity index (χ1n) is 42.5. The molecule has 0 aromatic carbocycles. The highest BCUT2D eigenvalue weighted by Crippen LogP contribution is 2.39. The van der Waals surface area contributed by atoms with E-state index in [1.54, 1.807) is 43.2 Å². The van der Waals surface area contributed by atoms with Crippen molar-refractivity contribution < 1.29 is 38.1 Å². The van der Waals surface area contributed by atoms with Crippen LogP contribution in [-0.4, -0.2) is 168 Å². The van der Waals surface area contributed by atoms with Gasteiger partial charge < -0.3 is 33.6 Å². The van der Waals surface area contributed by atoms with Crippen LogP contribution < -0.4 is 0 Å². The van der Waals surface area contributed by atoms with Crippen molar-refractivity contribution in [3.8, 4) is 0 Å². The van der Waals surface area contributed by atoms with Crippen molar-refractivity contribution in [2.45, 2.75) is 388 Å². The molecule has 0 bridgehead atoms. The van der Waals surface area contributed by atoms with E-state index < -0.39 is 0 Å². The van der Waals surface area contributed by atoms with Crippen molar-refractivity contribution >= 4 is 150 Å². The van der Waals surface area contributed by atoms with Gasteiger partial charge in [-0.25, -0.2) is 0 Å². The first-order chi connectivity index (χ1) is 51.0. The maximum absolute atomic E-state index is 13.6. The topological polar surface area (TPSA) is 115 Å². The van der Waals surface area contributed by atoms with E-state index in [4.69, 9.17) is 18.9 Å². The standard InChI is InChI=1S/C81H159N3O8S12/c1-10-18-22-26-30-34-38-42-46-50-66-93-101-97-70-74(14-5)89-78(85)54-58-83(59-55-79(86)90-75(15-6)71-98-102-94-67-51-47-43-39-35-31-27-23-19-11-2)64-62-82(9)63-65-84(60-56-80(87)91-76(16-7)72-99-103-95-68-52-48-44-40-36-32-28-24-20-12-3)61-57-81(88)92-77(17-8)73-100-104-96-69-53-49-45-41-37-33-29-25-21-13-4/h74-77H,10-73H2,1-9H3. The number of hydrogen-bond donors (Lipinski definition) is 0. The van der Waals surface area contributed by atoms with Gasteiger partial charge in [-0.2, -0.15) is 0 Å². The van der Waals surface area contributed by atoms with Gasteiger partial charge >= 0.3 is 23.9 Å². The molecule has 11 nitrogen and oxygen atoms in total. The second-order valence-corrected chi connectivity index (χ2v) is 46.1. The fraction of sp³-hybridized carbons (Fsp3) is 0.951. The van der Waals surface area contributed by atoms with E-state index >= 15 is 0 Å². The Labute approximate surface area is 689 Å². The molecule has 618 valence electrons. The van der Waals surface area contributed by atoms with Crippen molar-refractivity contribution in [2.24, 2.45) is 0 Å². The van der Waals surface area contributed by atoms with Gasteiger partial charge in [0, 0.05) is 98.4 Å². The molecule has 0 saturated heterocycles. The van der Waals surface area contributed by atoms with Gasteiger partial charge in [0.05, 0.1) is 25.7 Å². The summed E-state index contributed by atoms with van der Waals surface area (Å²) in [7, 11) is 24.3. The van der Waals surface area contributed by atoms with Crippen LogP contribution in [0, 0.1) is 0 Å². The van der Waals surface area contributed by atoms with Crippen molar-refractivity contribution in [2.75, 3.05) is 105 Å². The van der Waals surface area contributed by atoms with Crippen molar-refractivity contribution in [3.05, 3.63) is 0 Å². The average molecular weight is 1690 g/mol. The van der Waals surface area contributed by atoms with Gasteiger partial charge in [0.25, 0.3) is 0 Å². The zero-order valence-corrected chi connectivity index (χ0v) is 77.9. The summed E-state index contributed by atoms with van der Waals surface area (Å²) in [5.41, 5.74) is 0. The lowest BCUT2D eigenvalue weighted by atomic mass is 10.1. The number of carbonyl (C=O) groups is 4. The summed E-state index contributed by atoms with van der Waals surface area (Å²) in [5, 5.41) is 0. The molecule has 0 fully saturated rings. The van der Waals surface area contributed by atoms with Gasteiger partial charge in [0.2, 0.25) is 0 Å². The highest BCUT2D eigenvalue weighted by atomic mass is 33.5. The van der Waals surface area contributed by atoms with E-state index in [1.165, 1.54) is 257 Å². The summed E-state index contributed by atoms with van der Waals surface area (Å²) >= 11 is 0. The summed E-state index contributed by atoms with van der Waals surface area (Å²) < 4.78 is 24.4. The van der Waals surface area contributed by atoms with Crippen LogP contribution >= 0.6 is 126 Å². The molecule has 0 heterocycles. The number of rotatable bonds is 86. The highest BCUT2D eigenvalue weighted by molar-refractivity contribution is 9.10. The lowest BCUT2D eigenvalue weighted by Crippen LogP contribution is -2.40. The van der Waals surface area contributed by atoms with E-state index in [0.717, 1.165) is 71.7 Å². The van der Waals surface area contributed by atoms with Crippen LogP contribution in [0.2, 0.25) is 0 Å². The number of unbranched alkanes of at least 4 members (excludes halogenated alkanes) is 36. The Morgan fingerprint density at radius 2 is 0.423 bits per heavy atom. The van der Waals surface area contributed by atoms with Crippen LogP contribution in [0.15, 0.2) is 0 Å². The van der Waals surface area contributed by atoms with E-state index in [-0.39, 0.29) is 74.0 Å². The molecule has 0 aliphatic carbocycles. The summed E-state index contributed by atoms with van der Waals surface area (Å²) in [4.78, 5) is 61.0. The van der Waals surface area contributed by atoms with Crippen LogP contribution in [-0.2, 0) is 38.1 Å². The molecular formula is C81H159N3O8S12. The summed E-state index contributed by atoms with van der Waals surface area (Å²) in [6.07, 6.45) is 57.4. The van der Waals surface area contributed by atoms with Gasteiger partial charge in [0.1, 0.15) is 24.4 Å². The molecule has 23 heteroatoms. The van der Waals surface area contributed by atoms with E-state index in [2.05, 4.69) is 77.1 Å².